The van der Waals surface area contributed by atoms with E-state index < -0.39 is 5.97 Å². The number of fused-ring (bicyclic) bond motifs is 1. The fourth-order valence-electron chi connectivity index (χ4n) is 6.03. The molecule has 0 saturated heterocycles. The zero-order valence-electron chi connectivity index (χ0n) is 26.3. The minimum absolute atomic E-state index is 0.311. The first kappa shape index (κ1) is 30.2. The normalized spacial score (nSPS) is 11.6. The summed E-state index contributed by atoms with van der Waals surface area (Å²) in [5.74, 6) is 1.20. The van der Waals surface area contributed by atoms with Gasteiger partial charge in [-0.05, 0) is 80.7 Å². The smallest absolute Gasteiger partial charge is 0.336 e. The molecule has 0 aliphatic heterocycles. The number of aromatic nitrogens is 4. The van der Waals surface area contributed by atoms with E-state index in [2.05, 4.69) is 80.1 Å². The third-order valence-electron chi connectivity index (χ3n) is 8.21. The van der Waals surface area contributed by atoms with Gasteiger partial charge in [0.25, 0.3) is 0 Å². The third kappa shape index (κ3) is 6.13. The van der Waals surface area contributed by atoms with Gasteiger partial charge in [0, 0.05) is 37.3 Å². The van der Waals surface area contributed by atoms with Gasteiger partial charge in [-0.25, -0.2) is 14.8 Å². The molecule has 0 atom stereocenters. The number of likely N-dealkylation sites (N-methyl/N-ethyl adjacent to an activating group) is 1. The number of carboxylic acid groups (broad SMARTS) is 1. The van der Waals surface area contributed by atoms with E-state index >= 15 is 0 Å². The van der Waals surface area contributed by atoms with Crippen LogP contribution in [-0.4, -0.2) is 55.7 Å². The predicted octanol–water partition coefficient (Wildman–Crippen LogP) is 7.26. The van der Waals surface area contributed by atoms with Gasteiger partial charge in [-0.3, -0.25) is 0 Å². The maximum absolute atomic E-state index is 11.8. The lowest BCUT2D eigenvalue weighted by molar-refractivity contribution is 0.0697. The third-order valence-corrected chi connectivity index (χ3v) is 8.21. The van der Waals surface area contributed by atoms with Crippen molar-refractivity contribution >= 4 is 17.0 Å². The maximum Gasteiger partial charge on any atom is 0.336 e. The van der Waals surface area contributed by atoms with Gasteiger partial charge in [0.1, 0.15) is 11.6 Å². The summed E-state index contributed by atoms with van der Waals surface area (Å²) in [6.07, 6.45) is 3.77. The highest BCUT2D eigenvalue weighted by Gasteiger charge is 2.20. The van der Waals surface area contributed by atoms with Crippen molar-refractivity contribution in [2.45, 2.75) is 66.5 Å². The quantitative estimate of drug-likeness (QED) is 0.169. The Bertz CT molecular complexity index is 1740. The largest absolute Gasteiger partial charge is 0.478 e. The van der Waals surface area contributed by atoms with Crippen molar-refractivity contribution < 1.29 is 9.90 Å². The molecule has 7 nitrogen and oxygen atoms in total. The second kappa shape index (κ2) is 13.0. The maximum atomic E-state index is 11.8. The van der Waals surface area contributed by atoms with Gasteiger partial charge in [-0.15, -0.1) is 0 Å². The Labute approximate surface area is 254 Å². The zero-order valence-corrected chi connectivity index (χ0v) is 26.3. The summed E-state index contributed by atoms with van der Waals surface area (Å²) in [6, 6.07) is 19.9. The first-order chi connectivity index (χ1) is 20.7. The molecule has 0 amide bonds. The predicted molar refractivity (Wildman–Crippen MR) is 175 cm³/mol. The highest BCUT2D eigenvalue weighted by Crippen LogP contribution is 2.31. The Morgan fingerprint density at radius 1 is 0.907 bits per heavy atom. The van der Waals surface area contributed by atoms with Crippen LogP contribution >= 0.6 is 0 Å². The van der Waals surface area contributed by atoms with Crippen LogP contribution in [0.2, 0.25) is 0 Å². The lowest BCUT2D eigenvalue weighted by Gasteiger charge is -2.16. The Balaban J connectivity index is 1.58. The van der Waals surface area contributed by atoms with Crippen LogP contribution in [0, 0.1) is 6.92 Å². The molecule has 0 radical (unpaired) electrons. The van der Waals surface area contributed by atoms with Gasteiger partial charge >= 0.3 is 5.97 Å². The first-order valence-corrected chi connectivity index (χ1v) is 15.4. The molecule has 0 saturated carbocycles. The molecule has 5 aromatic rings. The molecule has 3 aromatic carbocycles. The van der Waals surface area contributed by atoms with E-state index in [1.807, 2.05) is 24.3 Å². The molecule has 5 rings (SSSR count). The second-order valence-corrected chi connectivity index (χ2v) is 11.6. The number of nitrogens with zero attached hydrogens (tertiary/aromatic N) is 5. The molecule has 224 valence electrons. The van der Waals surface area contributed by atoms with E-state index in [-0.39, 0.29) is 0 Å². The lowest BCUT2D eigenvalue weighted by Crippen LogP contribution is -2.20. The van der Waals surface area contributed by atoms with E-state index in [4.69, 9.17) is 9.97 Å². The van der Waals surface area contributed by atoms with Crippen molar-refractivity contribution in [3.8, 4) is 22.5 Å². The SMILES string of the molecule is CCCc1nc2c(C)cc(-c3nc(CC)c(CC)n3CCN(C)C)cc2n1Cc1ccc(-c2ccccc2C(=O)O)cc1. The van der Waals surface area contributed by atoms with Crippen LogP contribution in [0.3, 0.4) is 0 Å². The molecule has 0 aliphatic carbocycles. The average Bonchev–Trinajstić information content (AvgIpc) is 3.54. The van der Waals surface area contributed by atoms with Crippen LogP contribution in [0.5, 0.6) is 0 Å². The zero-order chi connectivity index (χ0) is 30.7. The fraction of sp³-hybridized carbons (Fsp3) is 0.361. The van der Waals surface area contributed by atoms with Crippen molar-refractivity contribution in [3.63, 3.8) is 0 Å². The number of carbonyl (C=O) groups is 1. The summed E-state index contributed by atoms with van der Waals surface area (Å²) in [5, 5.41) is 9.66. The monoisotopic (exact) mass is 577 g/mol. The van der Waals surface area contributed by atoms with Crippen LogP contribution in [0.15, 0.2) is 60.7 Å². The first-order valence-electron chi connectivity index (χ1n) is 15.4. The van der Waals surface area contributed by atoms with Crippen molar-refractivity contribution in [2.24, 2.45) is 0 Å². The van der Waals surface area contributed by atoms with E-state index in [9.17, 15) is 9.90 Å². The number of carboxylic acids is 1. The highest BCUT2D eigenvalue weighted by atomic mass is 16.4. The summed E-state index contributed by atoms with van der Waals surface area (Å²) in [7, 11) is 4.23. The Morgan fingerprint density at radius 2 is 1.65 bits per heavy atom. The molecular formula is C36H43N5O2. The molecule has 2 aromatic heterocycles. The van der Waals surface area contributed by atoms with Gasteiger partial charge in [0.05, 0.1) is 22.3 Å². The highest BCUT2D eigenvalue weighted by molar-refractivity contribution is 5.96. The van der Waals surface area contributed by atoms with E-state index in [0.29, 0.717) is 12.1 Å². The molecule has 43 heavy (non-hydrogen) atoms. The van der Waals surface area contributed by atoms with E-state index in [1.54, 1.807) is 12.1 Å². The van der Waals surface area contributed by atoms with Crippen LogP contribution in [0.4, 0.5) is 0 Å². The van der Waals surface area contributed by atoms with E-state index in [1.165, 1.54) is 11.4 Å². The summed E-state index contributed by atoms with van der Waals surface area (Å²) in [6.45, 7) is 11.3. The van der Waals surface area contributed by atoms with Crippen LogP contribution in [0.1, 0.15) is 65.9 Å². The Hall–Kier alpha value is -4.23. The van der Waals surface area contributed by atoms with Crippen LogP contribution < -0.4 is 0 Å². The van der Waals surface area contributed by atoms with E-state index in [0.717, 1.165) is 89.3 Å². The number of hydrogen-bond donors (Lipinski definition) is 1. The molecule has 0 spiro atoms. The van der Waals surface area contributed by atoms with Gasteiger partial charge in [0.2, 0.25) is 0 Å². The molecule has 2 heterocycles. The van der Waals surface area contributed by atoms with Gasteiger partial charge < -0.3 is 19.1 Å². The van der Waals surface area contributed by atoms with Crippen molar-refractivity contribution in [2.75, 3.05) is 20.6 Å². The van der Waals surface area contributed by atoms with Gasteiger partial charge in [-0.1, -0.05) is 63.2 Å². The summed E-state index contributed by atoms with van der Waals surface area (Å²) >= 11 is 0. The molecule has 0 fully saturated rings. The number of hydrogen-bond acceptors (Lipinski definition) is 4. The van der Waals surface area contributed by atoms with Crippen LogP contribution in [-0.2, 0) is 32.4 Å². The number of aromatic carboxylic acids is 1. The lowest BCUT2D eigenvalue weighted by atomic mass is 9.98. The van der Waals surface area contributed by atoms with Crippen LogP contribution in [0.25, 0.3) is 33.5 Å². The molecule has 0 unspecified atom stereocenters. The standard InChI is InChI=1S/C36H43N5O2/c1-7-12-33-38-34-24(4)21-27(35-37-30(8-2)31(9-3)40(35)20-19-39(5)6)22-32(34)41(33)23-25-15-17-26(18-16-25)28-13-10-11-14-29(28)36(42)43/h10-11,13-18,21-22H,7-9,12,19-20,23H2,1-6H3,(H,42,43). The molecular weight excluding hydrogens is 534 g/mol. The Kier molecular flexibility index (Phi) is 9.11. The molecule has 0 aliphatic rings. The molecule has 1 N–H and O–H groups in total. The average molecular weight is 578 g/mol. The van der Waals surface area contributed by atoms with Gasteiger partial charge in [0.15, 0.2) is 0 Å². The number of rotatable bonds is 12. The minimum Gasteiger partial charge on any atom is -0.478 e. The minimum atomic E-state index is -0.917. The number of aryl methyl sites for hydroxylation is 3. The molecule has 7 heteroatoms. The number of benzene rings is 3. The van der Waals surface area contributed by atoms with Crippen molar-refractivity contribution in [3.05, 3.63) is 94.6 Å². The topological polar surface area (TPSA) is 76.2 Å². The summed E-state index contributed by atoms with van der Waals surface area (Å²) in [4.78, 5) is 24.3. The second-order valence-electron chi connectivity index (χ2n) is 11.6. The van der Waals surface area contributed by atoms with Crippen molar-refractivity contribution in [1.29, 1.82) is 0 Å². The fourth-order valence-corrected chi connectivity index (χ4v) is 6.03. The van der Waals surface area contributed by atoms with Crippen molar-refractivity contribution in [1.82, 2.24) is 24.0 Å². The summed E-state index contributed by atoms with van der Waals surface area (Å²) in [5.41, 5.74) is 10.0. The number of imidazole rings is 2. The van der Waals surface area contributed by atoms with Gasteiger partial charge in [-0.2, -0.15) is 0 Å². The molecule has 0 bridgehead atoms. The summed E-state index contributed by atoms with van der Waals surface area (Å²) < 4.78 is 4.77. The Morgan fingerprint density at radius 3 is 2.30 bits per heavy atom.